The molecule has 0 spiro atoms. The minimum Gasteiger partial charge on any atom is -0.379 e. The second kappa shape index (κ2) is 8.05. The molecule has 7 nitrogen and oxygen atoms in total. The molecule has 3 aromatic rings. The Morgan fingerprint density at radius 1 is 1.13 bits per heavy atom. The summed E-state index contributed by atoms with van der Waals surface area (Å²) in [6, 6.07) is 4.74. The second-order valence-electron chi connectivity index (χ2n) is 7.40. The van der Waals surface area contributed by atoms with Crippen LogP contribution >= 0.6 is 22.9 Å². The number of benzene rings is 1. The Hall–Kier alpha value is -1.78. The average molecular weight is 465 g/mol. The molecule has 1 aromatic carbocycles. The lowest BCUT2D eigenvalue weighted by atomic mass is 9.97. The monoisotopic (exact) mass is 464 g/mol. The van der Waals surface area contributed by atoms with E-state index >= 15 is 0 Å². The minimum atomic E-state index is -3.62. The number of morpholine rings is 1. The van der Waals surface area contributed by atoms with Crippen LogP contribution in [0.15, 0.2) is 29.4 Å². The van der Waals surface area contributed by atoms with E-state index in [1.54, 1.807) is 29.5 Å². The number of ether oxygens (including phenoxy) is 1. The summed E-state index contributed by atoms with van der Waals surface area (Å²) in [5, 5.41) is 4.74. The number of anilines is 2. The lowest BCUT2D eigenvalue weighted by molar-refractivity contribution is 0.0730. The molecule has 10 heteroatoms. The smallest absolute Gasteiger partial charge is 0.243 e. The molecule has 30 heavy (non-hydrogen) atoms. The maximum absolute atomic E-state index is 13.0. The van der Waals surface area contributed by atoms with Gasteiger partial charge >= 0.3 is 0 Å². The van der Waals surface area contributed by atoms with Crippen LogP contribution in [0.2, 0.25) is 5.02 Å². The van der Waals surface area contributed by atoms with Crippen LogP contribution in [0.5, 0.6) is 0 Å². The number of nitrogens with one attached hydrogen (secondary N) is 1. The molecular weight excluding hydrogens is 444 g/mol. The van der Waals surface area contributed by atoms with E-state index in [0.29, 0.717) is 42.8 Å². The second-order valence-corrected chi connectivity index (χ2v) is 10.8. The van der Waals surface area contributed by atoms with Crippen LogP contribution in [0.25, 0.3) is 10.2 Å². The Labute approximate surface area is 184 Å². The first-order valence-corrected chi connectivity index (χ1v) is 12.6. The van der Waals surface area contributed by atoms with Crippen LogP contribution in [-0.4, -0.2) is 49.0 Å². The number of nitrogens with zero attached hydrogens (tertiary/aromatic N) is 3. The number of thiophene rings is 1. The topological polar surface area (TPSA) is 84.4 Å². The highest BCUT2D eigenvalue weighted by Crippen LogP contribution is 2.39. The largest absolute Gasteiger partial charge is 0.379 e. The van der Waals surface area contributed by atoms with Crippen molar-refractivity contribution in [3.05, 3.63) is 40.0 Å². The van der Waals surface area contributed by atoms with E-state index in [1.807, 2.05) is 0 Å². The van der Waals surface area contributed by atoms with Gasteiger partial charge < -0.3 is 10.1 Å². The SMILES string of the molecule is O=S(=O)(c1ccc(Cl)c(Nc2ncnc3sc4c(c23)CCCC4)c1)N1CCOCC1. The summed E-state index contributed by atoms with van der Waals surface area (Å²) >= 11 is 8.14. The predicted octanol–water partition coefficient (Wildman–Crippen LogP) is 3.99. The highest BCUT2D eigenvalue weighted by molar-refractivity contribution is 7.89. The fourth-order valence-corrected chi connectivity index (χ4v) is 6.84. The van der Waals surface area contributed by atoms with Crippen LogP contribution in [0.1, 0.15) is 23.3 Å². The van der Waals surface area contributed by atoms with Crippen LogP contribution in [0.3, 0.4) is 0 Å². The molecule has 0 amide bonds. The number of aromatic nitrogens is 2. The van der Waals surface area contributed by atoms with Crippen molar-refractivity contribution < 1.29 is 13.2 Å². The molecule has 0 saturated carbocycles. The normalized spacial score (nSPS) is 17.8. The summed E-state index contributed by atoms with van der Waals surface area (Å²) in [6.07, 6.45) is 5.97. The van der Waals surface area contributed by atoms with Gasteiger partial charge in [0.15, 0.2) is 0 Å². The van der Waals surface area contributed by atoms with E-state index in [-0.39, 0.29) is 4.90 Å². The van der Waals surface area contributed by atoms with Gasteiger partial charge in [0.1, 0.15) is 17.0 Å². The molecule has 0 radical (unpaired) electrons. The summed E-state index contributed by atoms with van der Waals surface area (Å²) in [5.41, 5.74) is 1.82. The number of rotatable bonds is 4. The summed E-state index contributed by atoms with van der Waals surface area (Å²) in [7, 11) is -3.62. The van der Waals surface area contributed by atoms with Gasteiger partial charge in [0.25, 0.3) is 0 Å². The number of sulfonamides is 1. The summed E-state index contributed by atoms with van der Waals surface area (Å²) in [4.78, 5) is 11.4. The molecule has 1 saturated heterocycles. The van der Waals surface area contributed by atoms with Gasteiger partial charge in [0.05, 0.1) is 34.2 Å². The molecule has 0 unspecified atom stereocenters. The molecule has 2 aromatic heterocycles. The van der Waals surface area contributed by atoms with Crippen molar-refractivity contribution in [1.29, 1.82) is 0 Å². The summed E-state index contributed by atoms with van der Waals surface area (Å²) in [6.45, 7) is 1.50. The maximum Gasteiger partial charge on any atom is 0.243 e. The van der Waals surface area contributed by atoms with Crippen molar-refractivity contribution in [2.75, 3.05) is 31.6 Å². The zero-order valence-electron chi connectivity index (χ0n) is 16.2. The number of aryl methyl sites for hydroxylation is 2. The van der Waals surface area contributed by atoms with Crippen LogP contribution in [-0.2, 0) is 27.6 Å². The van der Waals surface area contributed by atoms with Crippen molar-refractivity contribution in [2.45, 2.75) is 30.6 Å². The van der Waals surface area contributed by atoms with Crippen molar-refractivity contribution >= 4 is 54.7 Å². The number of halogens is 1. The van der Waals surface area contributed by atoms with Gasteiger partial charge in [-0.15, -0.1) is 11.3 Å². The van der Waals surface area contributed by atoms with Crippen LogP contribution in [0.4, 0.5) is 11.5 Å². The molecule has 0 atom stereocenters. The standard InChI is InChI=1S/C20H21ClN4O3S2/c21-15-6-5-13(30(26,27)25-7-9-28-10-8-25)11-16(15)24-19-18-14-3-1-2-4-17(14)29-20(18)23-12-22-19/h5-6,11-12H,1-4,7-10H2,(H,22,23,24). The van der Waals surface area contributed by atoms with Crippen molar-refractivity contribution in [3.8, 4) is 0 Å². The molecule has 2 aliphatic rings. The Balaban J connectivity index is 1.53. The zero-order chi connectivity index (χ0) is 20.7. The Kier molecular flexibility index (Phi) is 5.40. The van der Waals surface area contributed by atoms with E-state index in [2.05, 4.69) is 15.3 Å². The van der Waals surface area contributed by atoms with E-state index in [0.717, 1.165) is 29.5 Å². The van der Waals surface area contributed by atoms with Crippen molar-refractivity contribution in [1.82, 2.24) is 14.3 Å². The molecule has 158 valence electrons. The highest BCUT2D eigenvalue weighted by Gasteiger charge is 2.27. The molecule has 1 N–H and O–H groups in total. The molecule has 0 bridgehead atoms. The van der Waals surface area contributed by atoms with Crippen LogP contribution < -0.4 is 5.32 Å². The first kappa shape index (κ1) is 20.1. The molecule has 5 rings (SSSR count). The third-order valence-corrected chi connectivity index (χ3v) is 8.97. The molecular formula is C20H21ClN4O3S2. The molecule has 1 fully saturated rings. The Morgan fingerprint density at radius 2 is 1.93 bits per heavy atom. The van der Waals surface area contributed by atoms with Gasteiger partial charge in [-0.1, -0.05) is 11.6 Å². The fraction of sp³-hybridized carbons (Fsp3) is 0.400. The summed E-state index contributed by atoms with van der Waals surface area (Å²) in [5.74, 6) is 0.669. The Bertz CT molecular complexity index is 1210. The van der Waals surface area contributed by atoms with Gasteiger partial charge in [0.2, 0.25) is 10.0 Å². The molecule has 1 aliphatic carbocycles. The zero-order valence-corrected chi connectivity index (χ0v) is 18.6. The first-order valence-electron chi connectivity index (χ1n) is 9.94. The third-order valence-electron chi connectivity index (χ3n) is 5.55. The first-order chi connectivity index (χ1) is 14.5. The van der Waals surface area contributed by atoms with Gasteiger partial charge in [0, 0.05) is 18.0 Å². The lowest BCUT2D eigenvalue weighted by Crippen LogP contribution is -2.40. The third kappa shape index (κ3) is 3.58. The van der Waals surface area contributed by atoms with Gasteiger partial charge in [-0.05, 0) is 49.4 Å². The van der Waals surface area contributed by atoms with Crippen LogP contribution in [0, 0.1) is 0 Å². The van der Waals surface area contributed by atoms with Gasteiger partial charge in [-0.3, -0.25) is 0 Å². The number of hydrogen-bond acceptors (Lipinski definition) is 7. The molecule has 1 aliphatic heterocycles. The lowest BCUT2D eigenvalue weighted by Gasteiger charge is -2.26. The maximum atomic E-state index is 13.0. The fourth-order valence-electron chi connectivity index (χ4n) is 4.01. The van der Waals surface area contributed by atoms with E-state index in [1.165, 1.54) is 27.5 Å². The highest BCUT2D eigenvalue weighted by atomic mass is 35.5. The predicted molar refractivity (Wildman–Crippen MR) is 118 cm³/mol. The van der Waals surface area contributed by atoms with Crippen molar-refractivity contribution in [3.63, 3.8) is 0 Å². The van der Waals surface area contributed by atoms with E-state index in [9.17, 15) is 8.42 Å². The summed E-state index contributed by atoms with van der Waals surface area (Å²) < 4.78 is 32.8. The Morgan fingerprint density at radius 3 is 2.77 bits per heavy atom. The van der Waals surface area contributed by atoms with Crippen molar-refractivity contribution in [2.24, 2.45) is 0 Å². The number of fused-ring (bicyclic) bond motifs is 3. The average Bonchev–Trinajstić information content (AvgIpc) is 3.15. The quantitative estimate of drug-likeness (QED) is 0.628. The molecule has 3 heterocycles. The van der Waals surface area contributed by atoms with E-state index < -0.39 is 10.0 Å². The van der Waals surface area contributed by atoms with Gasteiger partial charge in [-0.2, -0.15) is 4.31 Å². The van der Waals surface area contributed by atoms with E-state index in [4.69, 9.17) is 16.3 Å². The number of hydrogen-bond donors (Lipinski definition) is 1. The van der Waals surface area contributed by atoms with Gasteiger partial charge in [-0.25, -0.2) is 18.4 Å². The minimum absolute atomic E-state index is 0.203.